The lowest BCUT2D eigenvalue weighted by Gasteiger charge is -2.36. The minimum atomic E-state index is -0.536. The molecule has 0 radical (unpaired) electrons. The molecule has 37 heavy (non-hydrogen) atoms. The summed E-state index contributed by atoms with van der Waals surface area (Å²) in [6, 6.07) is 16.5. The first-order valence-corrected chi connectivity index (χ1v) is 13.6. The summed E-state index contributed by atoms with van der Waals surface area (Å²) >= 11 is 7.65. The molecular formula is C28H28ClN3O4S. The molecule has 2 aromatic carbocycles. The predicted octanol–water partition coefficient (Wildman–Crippen LogP) is 5.30. The summed E-state index contributed by atoms with van der Waals surface area (Å²) in [4.78, 5) is 33.3. The van der Waals surface area contributed by atoms with Crippen molar-refractivity contribution in [1.29, 1.82) is 0 Å². The number of nitrogens with zero attached hydrogens (tertiary/aromatic N) is 2. The van der Waals surface area contributed by atoms with E-state index in [4.69, 9.17) is 26.1 Å². The molecule has 3 aliphatic heterocycles. The Morgan fingerprint density at radius 2 is 1.97 bits per heavy atom. The van der Waals surface area contributed by atoms with Gasteiger partial charge in [-0.15, -0.1) is 0 Å². The first kappa shape index (κ1) is 25.6. The van der Waals surface area contributed by atoms with Gasteiger partial charge in [-0.1, -0.05) is 65.8 Å². The third kappa shape index (κ3) is 5.61. The average molecular weight is 538 g/mol. The Kier molecular flexibility index (Phi) is 7.98. The van der Waals surface area contributed by atoms with Crippen LogP contribution in [0.15, 0.2) is 76.3 Å². The fourth-order valence-electron chi connectivity index (χ4n) is 4.71. The minimum Gasteiger partial charge on any atom is -0.463 e. The van der Waals surface area contributed by atoms with Crippen LogP contribution in [0.25, 0.3) is 5.70 Å². The maximum atomic E-state index is 13.5. The number of amides is 1. The number of hydrogen-bond donors (Lipinski definition) is 1. The van der Waals surface area contributed by atoms with Crippen molar-refractivity contribution >= 4 is 46.1 Å². The predicted molar refractivity (Wildman–Crippen MR) is 146 cm³/mol. The molecule has 0 saturated carbocycles. The molecule has 9 heteroatoms. The van der Waals surface area contributed by atoms with E-state index in [1.807, 2.05) is 52.8 Å². The van der Waals surface area contributed by atoms with Gasteiger partial charge >= 0.3 is 5.97 Å². The van der Waals surface area contributed by atoms with Crippen molar-refractivity contribution in [3.05, 3.63) is 87.4 Å². The van der Waals surface area contributed by atoms with Crippen LogP contribution in [0.2, 0.25) is 5.02 Å². The van der Waals surface area contributed by atoms with Crippen LogP contribution < -0.4 is 5.32 Å². The molecule has 3 heterocycles. The lowest BCUT2D eigenvalue weighted by molar-refractivity contribution is -0.139. The maximum Gasteiger partial charge on any atom is 0.338 e. The first-order chi connectivity index (χ1) is 18.0. The molecular weight excluding hydrogens is 510 g/mol. The molecule has 192 valence electrons. The van der Waals surface area contributed by atoms with Crippen molar-refractivity contribution in [1.82, 2.24) is 10.2 Å². The quantitative estimate of drug-likeness (QED) is 0.460. The smallest absolute Gasteiger partial charge is 0.338 e. The molecule has 1 N–H and O–H groups in total. The highest BCUT2D eigenvalue weighted by Gasteiger charge is 2.42. The molecule has 0 unspecified atom stereocenters. The van der Waals surface area contributed by atoms with Gasteiger partial charge in [0.15, 0.2) is 5.17 Å². The maximum absolute atomic E-state index is 13.5. The van der Waals surface area contributed by atoms with E-state index in [0.29, 0.717) is 28.0 Å². The number of fused-ring (bicyclic) bond motifs is 1. The van der Waals surface area contributed by atoms with Gasteiger partial charge in [0.2, 0.25) is 5.91 Å². The van der Waals surface area contributed by atoms with Crippen LogP contribution in [0, 0.1) is 0 Å². The van der Waals surface area contributed by atoms with E-state index < -0.39 is 12.0 Å². The van der Waals surface area contributed by atoms with Crippen LogP contribution in [-0.4, -0.2) is 47.8 Å². The Labute approximate surface area is 225 Å². The zero-order valence-corrected chi connectivity index (χ0v) is 22.1. The third-order valence-electron chi connectivity index (χ3n) is 6.43. The SMILES string of the molecule is CCOC(=O)C1=C(c2ccccc2)N=C2SC=C(CC(=O)NC[C@@H]3CCCO3)N2[C@H]1c1ccc(Cl)cc1. The summed E-state index contributed by atoms with van der Waals surface area (Å²) in [6.45, 7) is 3.25. The molecule has 2 aromatic rings. The average Bonchev–Trinajstić information content (AvgIpc) is 3.58. The van der Waals surface area contributed by atoms with Crippen molar-refractivity contribution in [2.75, 3.05) is 19.8 Å². The van der Waals surface area contributed by atoms with Gasteiger partial charge in [0.05, 0.1) is 36.4 Å². The highest BCUT2D eigenvalue weighted by molar-refractivity contribution is 8.16. The summed E-state index contributed by atoms with van der Waals surface area (Å²) in [5.41, 5.74) is 3.42. The van der Waals surface area contributed by atoms with E-state index in [1.54, 1.807) is 19.1 Å². The summed E-state index contributed by atoms with van der Waals surface area (Å²) in [5.74, 6) is -0.544. The minimum absolute atomic E-state index is 0.0663. The zero-order chi connectivity index (χ0) is 25.8. The number of nitrogens with one attached hydrogen (secondary N) is 1. The van der Waals surface area contributed by atoms with Crippen molar-refractivity contribution in [3.63, 3.8) is 0 Å². The van der Waals surface area contributed by atoms with Crippen LogP contribution in [-0.2, 0) is 19.1 Å². The van der Waals surface area contributed by atoms with Crippen LogP contribution in [0.1, 0.15) is 43.4 Å². The normalized spacial score (nSPS) is 20.9. The molecule has 2 atom stereocenters. The number of rotatable bonds is 8. The monoisotopic (exact) mass is 537 g/mol. The van der Waals surface area contributed by atoms with Gasteiger partial charge in [-0.05, 0) is 42.9 Å². The second-order valence-corrected chi connectivity index (χ2v) is 10.2. The second kappa shape index (κ2) is 11.5. The van der Waals surface area contributed by atoms with Gasteiger partial charge in [-0.3, -0.25) is 4.79 Å². The first-order valence-electron chi connectivity index (χ1n) is 12.4. The highest BCUT2D eigenvalue weighted by Crippen LogP contribution is 2.47. The zero-order valence-electron chi connectivity index (χ0n) is 20.5. The molecule has 1 saturated heterocycles. The number of aliphatic imine (C=N–C) groups is 1. The summed E-state index contributed by atoms with van der Waals surface area (Å²) in [7, 11) is 0. The number of halogens is 1. The molecule has 7 nitrogen and oxygen atoms in total. The van der Waals surface area contributed by atoms with Gasteiger partial charge in [0.25, 0.3) is 0 Å². The Morgan fingerprint density at radius 3 is 2.68 bits per heavy atom. The van der Waals surface area contributed by atoms with Crippen LogP contribution >= 0.6 is 23.4 Å². The Hall–Kier alpha value is -3.07. The molecule has 0 aliphatic carbocycles. The molecule has 0 bridgehead atoms. The van der Waals surface area contributed by atoms with Crippen LogP contribution in [0.5, 0.6) is 0 Å². The number of carbonyl (C=O) groups is 2. The summed E-state index contributed by atoms with van der Waals surface area (Å²) in [6.07, 6.45) is 2.19. The fraction of sp³-hybridized carbons (Fsp3) is 0.321. The van der Waals surface area contributed by atoms with Crippen molar-refractivity contribution < 1.29 is 19.1 Å². The highest BCUT2D eigenvalue weighted by atomic mass is 35.5. The Bertz CT molecular complexity index is 1250. The van der Waals surface area contributed by atoms with E-state index in [2.05, 4.69) is 5.32 Å². The molecule has 5 rings (SSSR count). The van der Waals surface area contributed by atoms with E-state index in [9.17, 15) is 9.59 Å². The summed E-state index contributed by atoms with van der Waals surface area (Å²) < 4.78 is 11.2. The lowest BCUT2D eigenvalue weighted by atomic mass is 9.91. The van der Waals surface area contributed by atoms with Gasteiger partial charge in [0.1, 0.15) is 0 Å². The number of amidine groups is 1. The molecule has 3 aliphatic rings. The number of benzene rings is 2. The number of thioether (sulfide) groups is 1. The van der Waals surface area contributed by atoms with E-state index >= 15 is 0 Å². The summed E-state index contributed by atoms with van der Waals surface area (Å²) in [5, 5.41) is 6.23. The fourth-order valence-corrected chi connectivity index (χ4v) is 5.75. The van der Waals surface area contributed by atoms with Gasteiger partial charge in [-0.2, -0.15) is 0 Å². The number of hydrogen-bond acceptors (Lipinski definition) is 7. The standard InChI is InChI=1S/C28H28ClN3O4S/c1-2-35-27(34)24-25(18-7-4-3-5-8-18)31-28-32(26(24)19-10-12-20(29)13-11-19)21(17-37-28)15-23(33)30-16-22-9-6-14-36-22/h3-5,7-8,10-13,17,22,26H,2,6,9,14-16H2,1H3,(H,30,33)/t22-,26-/m0/s1. The second-order valence-electron chi connectivity index (χ2n) is 8.91. The van der Waals surface area contributed by atoms with Crippen LogP contribution in [0.4, 0.5) is 0 Å². The van der Waals surface area contributed by atoms with Crippen molar-refractivity contribution in [2.45, 2.75) is 38.3 Å². The topological polar surface area (TPSA) is 80.2 Å². The van der Waals surface area contributed by atoms with Crippen molar-refractivity contribution in [3.8, 4) is 0 Å². The van der Waals surface area contributed by atoms with Gasteiger partial charge in [0, 0.05) is 29.4 Å². The van der Waals surface area contributed by atoms with Crippen molar-refractivity contribution in [2.24, 2.45) is 4.99 Å². The largest absolute Gasteiger partial charge is 0.463 e. The third-order valence-corrected chi connectivity index (χ3v) is 7.57. The molecule has 0 spiro atoms. The van der Waals surface area contributed by atoms with E-state index in [-0.39, 0.29) is 25.0 Å². The molecule has 1 amide bonds. The van der Waals surface area contributed by atoms with E-state index in [0.717, 1.165) is 36.3 Å². The van der Waals surface area contributed by atoms with Gasteiger partial charge in [-0.25, -0.2) is 9.79 Å². The number of esters is 1. The van der Waals surface area contributed by atoms with Crippen LogP contribution in [0.3, 0.4) is 0 Å². The molecule has 1 fully saturated rings. The van der Waals surface area contributed by atoms with Gasteiger partial charge < -0.3 is 19.7 Å². The Balaban J connectivity index is 1.52. The lowest BCUT2D eigenvalue weighted by Crippen LogP contribution is -2.38. The number of ether oxygens (including phenoxy) is 2. The van der Waals surface area contributed by atoms with E-state index in [1.165, 1.54) is 11.8 Å². The molecule has 0 aromatic heterocycles. The number of carbonyl (C=O) groups excluding carboxylic acids is 2. The Morgan fingerprint density at radius 1 is 1.19 bits per heavy atom.